The van der Waals surface area contributed by atoms with Crippen molar-refractivity contribution in [1.82, 2.24) is 0 Å². The molecule has 0 amide bonds. The summed E-state index contributed by atoms with van der Waals surface area (Å²) in [7, 11) is 0. The van der Waals surface area contributed by atoms with Gasteiger partial charge in [0, 0.05) is 6.92 Å². The van der Waals surface area contributed by atoms with Gasteiger partial charge < -0.3 is 9.47 Å². The molecule has 0 rings (SSSR count). The molecule has 0 aliphatic carbocycles. The Hall–Kier alpha value is -0.670. The van der Waals surface area contributed by atoms with Gasteiger partial charge in [0.1, 0.15) is 6.61 Å². The highest BCUT2D eigenvalue weighted by atomic mass is 35.5. The van der Waals surface area contributed by atoms with Crippen LogP contribution in [0.15, 0.2) is 24.6 Å². The van der Waals surface area contributed by atoms with Gasteiger partial charge in [-0.25, -0.2) is 0 Å². The van der Waals surface area contributed by atoms with Crippen LogP contribution in [0.5, 0.6) is 0 Å². The Kier molecular flexibility index (Phi) is 12.9. The Morgan fingerprint density at radius 3 is 2.23 bits per heavy atom. The van der Waals surface area contributed by atoms with Crippen molar-refractivity contribution < 1.29 is 14.3 Å². The molecule has 0 spiro atoms. The molecule has 0 aromatic rings. The van der Waals surface area contributed by atoms with Crippen molar-refractivity contribution in [2.45, 2.75) is 6.92 Å². The second-order valence-corrected chi connectivity index (χ2v) is 2.47. The number of rotatable bonds is 4. The van der Waals surface area contributed by atoms with E-state index in [-0.39, 0.29) is 5.22 Å². The van der Waals surface area contributed by atoms with Crippen molar-refractivity contribution in [2.24, 2.45) is 0 Å². The number of carbonyl (C=O) groups is 1. The quantitative estimate of drug-likeness (QED) is 0.320. The topological polar surface area (TPSA) is 35.5 Å². The van der Waals surface area contributed by atoms with E-state index in [2.05, 4.69) is 22.6 Å². The van der Waals surface area contributed by atoms with Crippen LogP contribution in [0.3, 0.4) is 0 Å². The summed E-state index contributed by atoms with van der Waals surface area (Å²) < 4.78 is 8.80. The fraction of sp³-hybridized carbons (Fsp3) is 0.375. The zero-order valence-corrected chi connectivity index (χ0v) is 8.90. The van der Waals surface area contributed by atoms with Crippen molar-refractivity contribution in [2.75, 3.05) is 12.5 Å². The van der Waals surface area contributed by atoms with Gasteiger partial charge in [-0.3, -0.25) is 4.79 Å². The summed E-state index contributed by atoms with van der Waals surface area (Å²) in [5.41, 5.74) is 0. The third-order valence-electron chi connectivity index (χ3n) is 0.567. The minimum Gasteiger partial charge on any atom is -0.501 e. The lowest BCUT2D eigenvalue weighted by Crippen LogP contribution is -1.91. The van der Waals surface area contributed by atoms with Crippen molar-refractivity contribution in [3.63, 3.8) is 0 Å². The van der Waals surface area contributed by atoms with Crippen LogP contribution >= 0.6 is 23.2 Å². The van der Waals surface area contributed by atoms with Gasteiger partial charge >= 0.3 is 5.97 Å². The molecule has 0 saturated carbocycles. The predicted molar refractivity (Wildman–Crippen MR) is 53.6 cm³/mol. The van der Waals surface area contributed by atoms with E-state index < -0.39 is 5.97 Å². The normalized spacial score (nSPS) is 7.62. The SMILES string of the molecule is C=C(Cl)OC(C)=O.C=COCCCl. The number of ether oxygens (including phenoxy) is 2. The summed E-state index contributed by atoms with van der Waals surface area (Å²) >= 11 is 10.2. The molecule has 0 N–H and O–H groups in total. The summed E-state index contributed by atoms with van der Waals surface area (Å²) in [4.78, 5) is 9.89. The van der Waals surface area contributed by atoms with Gasteiger partial charge in [0.15, 0.2) is 5.22 Å². The number of hydrogen-bond acceptors (Lipinski definition) is 3. The maximum absolute atomic E-state index is 9.89. The lowest BCUT2D eigenvalue weighted by molar-refractivity contribution is -0.135. The lowest BCUT2D eigenvalue weighted by atomic mass is 10.8. The highest BCUT2D eigenvalue weighted by Crippen LogP contribution is 1.97. The maximum Gasteiger partial charge on any atom is 0.308 e. The van der Waals surface area contributed by atoms with E-state index in [0.29, 0.717) is 12.5 Å². The minimum absolute atomic E-state index is 0.0903. The van der Waals surface area contributed by atoms with Crippen molar-refractivity contribution in [1.29, 1.82) is 0 Å². The third kappa shape index (κ3) is 24.6. The lowest BCUT2D eigenvalue weighted by Gasteiger charge is -1.90. The van der Waals surface area contributed by atoms with E-state index in [0.717, 1.165) is 0 Å². The van der Waals surface area contributed by atoms with Gasteiger partial charge in [-0.2, -0.15) is 0 Å². The molecule has 0 heterocycles. The summed E-state index contributed by atoms with van der Waals surface area (Å²) in [5.74, 6) is 0.0893. The second-order valence-electron chi connectivity index (χ2n) is 1.68. The number of alkyl halides is 1. The molecule has 0 aliphatic rings. The number of halogens is 2. The van der Waals surface area contributed by atoms with Gasteiger partial charge in [0.25, 0.3) is 0 Å². The zero-order chi connectivity index (χ0) is 10.7. The van der Waals surface area contributed by atoms with Crippen LogP contribution in [0.4, 0.5) is 0 Å². The Morgan fingerprint density at radius 2 is 2.15 bits per heavy atom. The molecule has 5 heteroatoms. The molecule has 0 aromatic carbocycles. The van der Waals surface area contributed by atoms with E-state index in [1.807, 2.05) is 0 Å². The van der Waals surface area contributed by atoms with Gasteiger partial charge in [-0.15, -0.1) is 11.6 Å². The molecular weight excluding hydrogens is 215 g/mol. The standard InChI is InChI=1S/C4H5ClO2.C4H7ClO/c1-3(5)7-4(2)6;1-2-6-4-3-5/h1H2,2H3;2H,1,3-4H2. The Bertz CT molecular complexity index is 157. The molecule has 0 fully saturated rings. The van der Waals surface area contributed by atoms with Gasteiger partial charge in [0.2, 0.25) is 0 Å². The summed E-state index contributed by atoms with van der Waals surface area (Å²) in [6.45, 7) is 8.25. The molecule has 0 atom stereocenters. The Labute approximate surface area is 87.9 Å². The third-order valence-corrected chi connectivity index (χ3v) is 0.799. The number of carbonyl (C=O) groups excluding carboxylic acids is 1. The molecule has 0 aromatic heterocycles. The first kappa shape index (κ1) is 14.8. The summed E-state index contributed by atoms with van der Waals surface area (Å²) in [5, 5.41) is -0.0903. The summed E-state index contributed by atoms with van der Waals surface area (Å²) in [6.07, 6.45) is 1.38. The van der Waals surface area contributed by atoms with Gasteiger partial charge in [-0.05, 0) is 18.2 Å². The van der Waals surface area contributed by atoms with E-state index in [4.69, 9.17) is 23.2 Å². The maximum atomic E-state index is 9.89. The molecule has 0 aliphatic heterocycles. The fourth-order valence-corrected chi connectivity index (χ4v) is 0.482. The molecule has 0 saturated heterocycles. The van der Waals surface area contributed by atoms with Gasteiger partial charge in [-0.1, -0.05) is 6.58 Å². The van der Waals surface area contributed by atoms with Crippen LogP contribution in [0, 0.1) is 0 Å². The van der Waals surface area contributed by atoms with Crippen molar-refractivity contribution in [3.8, 4) is 0 Å². The molecule has 0 bridgehead atoms. The Morgan fingerprint density at radius 1 is 1.62 bits per heavy atom. The highest BCUT2D eigenvalue weighted by Gasteiger charge is 1.90. The average Bonchev–Trinajstić information content (AvgIpc) is 1.99. The van der Waals surface area contributed by atoms with E-state index in [9.17, 15) is 4.79 Å². The second kappa shape index (κ2) is 11.3. The van der Waals surface area contributed by atoms with Crippen LogP contribution in [-0.2, 0) is 14.3 Å². The predicted octanol–water partition coefficient (Wildman–Crippen LogP) is 2.64. The largest absolute Gasteiger partial charge is 0.501 e. The number of esters is 1. The Balaban J connectivity index is 0. The first-order chi connectivity index (χ1) is 6.04. The monoisotopic (exact) mass is 226 g/mol. The van der Waals surface area contributed by atoms with Crippen LogP contribution < -0.4 is 0 Å². The first-order valence-electron chi connectivity index (χ1n) is 3.35. The number of hydrogen-bond donors (Lipinski definition) is 0. The highest BCUT2D eigenvalue weighted by molar-refractivity contribution is 6.28. The van der Waals surface area contributed by atoms with Crippen LogP contribution in [0.2, 0.25) is 0 Å². The molecule has 76 valence electrons. The minimum atomic E-state index is -0.444. The van der Waals surface area contributed by atoms with E-state index in [1.165, 1.54) is 13.2 Å². The molecule has 0 unspecified atom stereocenters. The smallest absolute Gasteiger partial charge is 0.308 e. The van der Waals surface area contributed by atoms with Gasteiger partial charge in [0.05, 0.1) is 12.1 Å². The van der Waals surface area contributed by atoms with Crippen LogP contribution in [0.1, 0.15) is 6.92 Å². The summed E-state index contributed by atoms with van der Waals surface area (Å²) in [6, 6.07) is 0. The van der Waals surface area contributed by atoms with Crippen LogP contribution in [0.25, 0.3) is 0 Å². The zero-order valence-electron chi connectivity index (χ0n) is 7.39. The van der Waals surface area contributed by atoms with Crippen LogP contribution in [-0.4, -0.2) is 18.5 Å². The van der Waals surface area contributed by atoms with Crippen molar-refractivity contribution >= 4 is 29.2 Å². The molecule has 3 nitrogen and oxygen atoms in total. The first-order valence-corrected chi connectivity index (χ1v) is 4.27. The molecule has 13 heavy (non-hydrogen) atoms. The molecule has 0 radical (unpaired) electrons. The molecular formula is C8H12Cl2O3. The average molecular weight is 227 g/mol. The van der Waals surface area contributed by atoms with E-state index in [1.54, 1.807) is 0 Å². The fourth-order valence-electron chi connectivity index (χ4n) is 0.284. The van der Waals surface area contributed by atoms with Crippen molar-refractivity contribution in [3.05, 3.63) is 24.6 Å². The van der Waals surface area contributed by atoms with E-state index >= 15 is 0 Å².